The summed E-state index contributed by atoms with van der Waals surface area (Å²) >= 11 is 0. The van der Waals surface area contributed by atoms with Gasteiger partial charge in [-0.25, -0.2) is 0 Å². The van der Waals surface area contributed by atoms with Crippen molar-refractivity contribution in [1.82, 2.24) is 0 Å². The van der Waals surface area contributed by atoms with Gasteiger partial charge in [-0.15, -0.1) is 0 Å². The molecule has 6 heteroatoms. The molecule has 436 valence electrons. The van der Waals surface area contributed by atoms with Crippen LogP contribution in [0.5, 0.6) is 0 Å². The molecule has 0 aliphatic rings. The molecule has 1 atom stereocenters. The molecule has 0 aromatic rings. The van der Waals surface area contributed by atoms with E-state index in [2.05, 4.69) is 142 Å². The number of esters is 3. The Hall–Kier alpha value is -4.45. The Bertz CT molecular complexity index is 1650. The number of rotatable bonds is 56. The van der Waals surface area contributed by atoms with Crippen LogP contribution in [0.4, 0.5) is 0 Å². The van der Waals surface area contributed by atoms with Crippen molar-refractivity contribution in [3.05, 3.63) is 134 Å². The SMILES string of the molecule is CC/C=C\C/C=C\C/C=C\C/C=C\C/C=C\CCCCCCCCCC(=O)OCC(COC(=O)C/C=C\C/C=C\C/C=C\C/C=C\C/C=C\CC)OC(=O)CCCCCCCCCCC/C=C\CCCCCCCCCC. The van der Waals surface area contributed by atoms with Crippen molar-refractivity contribution in [2.45, 2.75) is 284 Å². The Morgan fingerprint density at radius 2 is 0.558 bits per heavy atom. The Labute approximate surface area is 475 Å². The Morgan fingerprint density at radius 1 is 0.286 bits per heavy atom. The molecule has 0 fully saturated rings. The third-order valence-electron chi connectivity index (χ3n) is 13.2. The van der Waals surface area contributed by atoms with Crippen LogP contribution in [0.2, 0.25) is 0 Å². The van der Waals surface area contributed by atoms with Crippen molar-refractivity contribution in [2.24, 2.45) is 0 Å². The number of ether oxygens (including phenoxy) is 3. The maximum atomic E-state index is 12.9. The molecule has 0 aliphatic carbocycles. The highest BCUT2D eigenvalue weighted by atomic mass is 16.6. The lowest BCUT2D eigenvalue weighted by atomic mass is 10.1. The monoisotopic (exact) mass is 1060 g/mol. The second-order valence-electron chi connectivity index (χ2n) is 20.6. The van der Waals surface area contributed by atoms with Crippen LogP contribution >= 0.6 is 0 Å². The fourth-order valence-corrected chi connectivity index (χ4v) is 8.48. The molecule has 0 radical (unpaired) electrons. The van der Waals surface area contributed by atoms with Crippen LogP contribution in [0.3, 0.4) is 0 Å². The number of carbonyl (C=O) groups excluding carboxylic acids is 3. The van der Waals surface area contributed by atoms with Crippen LogP contribution < -0.4 is 0 Å². The minimum atomic E-state index is -0.830. The van der Waals surface area contributed by atoms with E-state index < -0.39 is 12.1 Å². The van der Waals surface area contributed by atoms with Crippen molar-refractivity contribution in [3.63, 3.8) is 0 Å². The largest absolute Gasteiger partial charge is 0.462 e. The lowest BCUT2D eigenvalue weighted by molar-refractivity contribution is -0.166. The number of unbranched alkanes of at least 4 members (excludes halogenated alkanes) is 24. The average molecular weight is 1070 g/mol. The summed E-state index contributed by atoms with van der Waals surface area (Å²) in [7, 11) is 0. The second-order valence-corrected chi connectivity index (χ2v) is 20.6. The lowest BCUT2D eigenvalue weighted by Crippen LogP contribution is -2.30. The van der Waals surface area contributed by atoms with E-state index in [1.54, 1.807) is 6.08 Å². The van der Waals surface area contributed by atoms with E-state index in [4.69, 9.17) is 14.2 Å². The van der Waals surface area contributed by atoms with E-state index in [9.17, 15) is 14.4 Å². The van der Waals surface area contributed by atoms with Crippen LogP contribution in [0, 0.1) is 0 Å². The molecule has 0 bridgehead atoms. The Balaban J connectivity index is 4.47. The summed E-state index contributed by atoms with van der Waals surface area (Å²) in [6, 6.07) is 0. The van der Waals surface area contributed by atoms with Gasteiger partial charge in [0.05, 0.1) is 6.42 Å². The number of carbonyl (C=O) groups is 3. The second kappa shape index (κ2) is 64.1. The molecule has 6 nitrogen and oxygen atoms in total. The Kier molecular flexibility index (Phi) is 60.4. The van der Waals surface area contributed by atoms with Gasteiger partial charge in [-0.3, -0.25) is 14.4 Å². The fraction of sp³-hybridized carbons (Fsp3) is 0.648. The molecule has 0 aromatic carbocycles. The zero-order valence-corrected chi connectivity index (χ0v) is 49.9. The fourth-order valence-electron chi connectivity index (χ4n) is 8.48. The summed E-state index contributed by atoms with van der Waals surface area (Å²) in [5, 5.41) is 0. The number of allylic oxidation sites excluding steroid dienone is 21. The van der Waals surface area contributed by atoms with Crippen molar-refractivity contribution in [3.8, 4) is 0 Å². The quantitative estimate of drug-likeness (QED) is 0.0261. The lowest BCUT2D eigenvalue weighted by Gasteiger charge is -2.18. The molecule has 77 heavy (non-hydrogen) atoms. The molecule has 0 saturated carbocycles. The van der Waals surface area contributed by atoms with Crippen LogP contribution in [-0.2, 0) is 28.6 Å². The van der Waals surface area contributed by atoms with E-state index in [0.29, 0.717) is 12.8 Å². The van der Waals surface area contributed by atoms with E-state index in [-0.39, 0.29) is 31.6 Å². The summed E-state index contributed by atoms with van der Waals surface area (Å²) in [6.07, 6.45) is 90.5. The average Bonchev–Trinajstić information content (AvgIpc) is 3.43. The van der Waals surface area contributed by atoms with Crippen LogP contribution in [0.1, 0.15) is 278 Å². The smallest absolute Gasteiger partial charge is 0.309 e. The van der Waals surface area contributed by atoms with Crippen LogP contribution in [0.25, 0.3) is 0 Å². The van der Waals surface area contributed by atoms with Gasteiger partial charge < -0.3 is 14.2 Å². The third-order valence-corrected chi connectivity index (χ3v) is 13.2. The molecule has 0 N–H and O–H groups in total. The van der Waals surface area contributed by atoms with E-state index >= 15 is 0 Å². The highest BCUT2D eigenvalue weighted by Gasteiger charge is 2.19. The normalized spacial score (nSPS) is 13.0. The van der Waals surface area contributed by atoms with Crippen molar-refractivity contribution in [1.29, 1.82) is 0 Å². The number of hydrogen-bond acceptors (Lipinski definition) is 6. The molecular weight excluding hydrogens is 949 g/mol. The van der Waals surface area contributed by atoms with E-state index in [1.165, 1.54) is 128 Å². The summed E-state index contributed by atoms with van der Waals surface area (Å²) < 4.78 is 16.8. The third kappa shape index (κ3) is 62.3. The predicted octanol–water partition coefficient (Wildman–Crippen LogP) is 21.8. The van der Waals surface area contributed by atoms with Crippen molar-refractivity contribution >= 4 is 17.9 Å². The zero-order valence-electron chi connectivity index (χ0n) is 49.9. The van der Waals surface area contributed by atoms with E-state index in [0.717, 1.165) is 109 Å². The van der Waals surface area contributed by atoms with Gasteiger partial charge in [0.2, 0.25) is 0 Å². The zero-order chi connectivity index (χ0) is 55.7. The molecule has 0 saturated heterocycles. The van der Waals surface area contributed by atoms with Crippen LogP contribution in [0.15, 0.2) is 134 Å². The molecule has 0 aliphatic heterocycles. The van der Waals surface area contributed by atoms with Gasteiger partial charge in [0.15, 0.2) is 6.10 Å². The van der Waals surface area contributed by atoms with Gasteiger partial charge in [-0.2, -0.15) is 0 Å². The first-order valence-corrected chi connectivity index (χ1v) is 31.7. The predicted molar refractivity (Wildman–Crippen MR) is 334 cm³/mol. The van der Waals surface area contributed by atoms with Gasteiger partial charge >= 0.3 is 17.9 Å². The van der Waals surface area contributed by atoms with Gasteiger partial charge in [0.25, 0.3) is 0 Å². The highest BCUT2D eigenvalue weighted by Crippen LogP contribution is 2.15. The van der Waals surface area contributed by atoms with Crippen molar-refractivity contribution in [2.75, 3.05) is 13.2 Å². The molecule has 0 heterocycles. The van der Waals surface area contributed by atoms with Gasteiger partial charge in [-0.05, 0) is 116 Å². The summed E-state index contributed by atoms with van der Waals surface area (Å²) in [5.41, 5.74) is 0. The first-order valence-electron chi connectivity index (χ1n) is 31.7. The molecule has 0 amide bonds. The Morgan fingerprint density at radius 3 is 0.922 bits per heavy atom. The minimum absolute atomic E-state index is 0.118. The first-order chi connectivity index (χ1) is 38.0. The van der Waals surface area contributed by atoms with Gasteiger partial charge in [0, 0.05) is 12.8 Å². The molecule has 0 aromatic heterocycles. The summed E-state index contributed by atoms with van der Waals surface area (Å²) in [5.74, 6) is -1.06. The van der Waals surface area contributed by atoms with Gasteiger partial charge in [0.1, 0.15) is 13.2 Å². The van der Waals surface area contributed by atoms with Crippen molar-refractivity contribution < 1.29 is 28.6 Å². The molecular formula is C71H116O6. The summed E-state index contributed by atoms with van der Waals surface area (Å²) in [4.78, 5) is 38.3. The first kappa shape index (κ1) is 72.5. The highest BCUT2D eigenvalue weighted by molar-refractivity contribution is 5.72. The minimum Gasteiger partial charge on any atom is -0.462 e. The van der Waals surface area contributed by atoms with Crippen LogP contribution in [-0.4, -0.2) is 37.2 Å². The number of hydrogen-bond donors (Lipinski definition) is 0. The maximum absolute atomic E-state index is 12.9. The van der Waals surface area contributed by atoms with Gasteiger partial charge in [-0.1, -0.05) is 276 Å². The maximum Gasteiger partial charge on any atom is 0.309 e. The van der Waals surface area contributed by atoms with E-state index in [1.807, 2.05) is 6.08 Å². The molecule has 0 rings (SSSR count). The summed E-state index contributed by atoms with van der Waals surface area (Å²) in [6.45, 7) is 6.32. The molecule has 0 spiro atoms. The standard InChI is InChI=1S/C71H116O6/c1-4-7-10-13-16-19-22-25-28-30-32-34-35-37-38-40-43-46-49-52-55-58-61-64-70(73)76-67-68(66-75-69(72)63-60-57-54-51-48-45-42-27-24-21-18-15-12-9-6-3)77-71(74)65-62-59-56-53-50-47-44-41-39-36-33-31-29-26-23-20-17-14-11-8-5-2/h7,9-10,12,16,18-19,21,25,27-28,31-34,37-38,42,48,51,57,60,68H,4-6,8,11,13-15,17,20,22-24,26,29-30,35-36,39-41,43-47,49-50,52-56,58-59,61-67H2,1-3H3/b10-7-,12-9-,19-16-,21-18-,28-25-,33-31-,34-32-,38-37-,42-27-,51-48-,60-57-. The topological polar surface area (TPSA) is 78.9 Å². The molecule has 1 unspecified atom stereocenters.